The predicted molar refractivity (Wildman–Crippen MR) is 86.3 cm³/mol. The Bertz CT molecular complexity index is 814. The quantitative estimate of drug-likeness (QED) is 0.724. The molecule has 0 aliphatic heterocycles. The molecule has 3 aromatic rings. The van der Waals surface area contributed by atoms with Gasteiger partial charge in [0.15, 0.2) is 0 Å². The Labute approximate surface area is 128 Å². The molecule has 1 aromatic heterocycles. The highest BCUT2D eigenvalue weighted by Crippen LogP contribution is 2.06. The van der Waals surface area contributed by atoms with Crippen molar-refractivity contribution < 1.29 is 0 Å². The van der Waals surface area contributed by atoms with Gasteiger partial charge >= 0.3 is 0 Å². The van der Waals surface area contributed by atoms with Crippen molar-refractivity contribution in [3.05, 3.63) is 70.5 Å². The van der Waals surface area contributed by atoms with E-state index in [0.717, 1.165) is 13.1 Å². The molecule has 0 saturated heterocycles. The smallest absolute Gasteiger partial charge is 0.278 e. The number of nitrogens with zero attached hydrogens (tertiary/aromatic N) is 4. The number of fused-ring (bicyclic) bond motifs is 1. The van der Waals surface area contributed by atoms with Gasteiger partial charge in [-0.15, -0.1) is 5.10 Å². The number of benzene rings is 2. The SMILES string of the molecule is CCN(Cc1ccccc1)Cn1nnc2ccccc2c1=O. The summed E-state index contributed by atoms with van der Waals surface area (Å²) in [6, 6.07) is 17.5. The van der Waals surface area contributed by atoms with Crippen LogP contribution < -0.4 is 5.56 Å². The summed E-state index contributed by atoms with van der Waals surface area (Å²) < 4.78 is 1.43. The Morgan fingerprint density at radius 3 is 2.55 bits per heavy atom. The van der Waals surface area contributed by atoms with Gasteiger partial charge in [-0.3, -0.25) is 9.69 Å². The summed E-state index contributed by atoms with van der Waals surface area (Å²) in [5.41, 5.74) is 1.75. The molecule has 0 spiro atoms. The first-order valence-corrected chi connectivity index (χ1v) is 7.36. The van der Waals surface area contributed by atoms with Crippen molar-refractivity contribution in [1.29, 1.82) is 0 Å². The number of rotatable bonds is 5. The average Bonchev–Trinajstić information content (AvgIpc) is 2.58. The van der Waals surface area contributed by atoms with Crippen molar-refractivity contribution >= 4 is 10.9 Å². The van der Waals surface area contributed by atoms with E-state index < -0.39 is 0 Å². The molecule has 0 N–H and O–H groups in total. The Morgan fingerprint density at radius 1 is 1.05 bits per heavy atom. The highest BCUT2D eigenvalue weighted by molar-refractivity contribution is 5.76. The van der Waals surface area contributed by atoms with E-state index in [1.807, 2.05) is 30.3 Å². The van der Waals surface area contributed by atoms with Gasteiger partial charge in [0, 0.05) is 6.54 Å². The summed E-state index contributed by atoms with van der Waals surface area (Å²) in [6.45, 7) is 4.11. The van der Waals surface area contributed by atoms with Gasteiger partial charge in [-0.1, -0.05) is 54.6 Å². The second kappa shape index (κ2) is 6.49. The van der Waals surface area contributed by atoms with Crippen LogP contribution in [-0.2, 0) is 13.2 Å². The maximum Gasteiger partial charge on any atom is 0.278 e. The summed E-state index contributed by atoms with van der Waals surface area (Å²) >= 11 is 0. The second-order valence-electron chi connectivity index (χ2n) is 5.18. The van der Waals surface area contributed by atoms with Gasteiger partial charge in [0.2, 0.25) is 0 Å². The predicted octanol–water partition coefficient (Wildman–Crippen LogP) is 2.27. The first-order valence-electron chi connectivity index (χ1n) is 7.36. The molecule has 5 nitrogen and oxygen atoms in total. The van der Waals surface area contributed by atoms with Crippen molar-refractivity contribution in [2.45, 2.75) is 20.1 Å². The average molecular weight is 294 g/mol. The van der Waals surface area contributed by atoms with Crippen LogP contribution in [0.1, 0.15) is 12.5 Å². The lowest BCUT2D eigenvalue weighted by Crippen LogP contribution is -2.34. The summed E-state index contributed by atoms with van der Waals surface area (Å²) in [5, 5.41) is 8.78. The van der Waals surface area contributed by atoms with Crippen molar-refractivity contribution in [3.63, 3.8) is 0 Å². The first-order chi connectivity index (χ1) is 10.8. The van der Waals surface area contributed by atoms with Crippen molar-refractivity contribution in [2.24, 2.45) is 0 Å². The van der Waals surface area contributed by atoms with E-state index in [4.69, 9.17) is 0 Å². The number of hydrogen-bond donors (Lipinski definition) is 0. The van der Waals surface area contributed by atoms with E-state index in [1.54, 1.807) is 12.1 Å². The standard InChI is InChI=1S/C17H18N4O/c1-2-20(12-14-8-4-3-5-9-14)13-21-17(22)15-10-6-7-11-16(15)18-19-21/h3-11H,2,12-13H2,1H3. The maximum atomic E-state index is 12.5. The summed E-state index contributed by atoms with van der Waals surface area (Å²) in [6.07, 6.45) is 0. The highest BCUT2D eigenvalue weighted by atomic mass is 16.1. The van der Waals surface area contributed by atoms with E-state index in [9.17, 15) is 4.79 Å². The van der Waals surface area contributed by atoms with Gasteiger partial charge in [-0.2, -0.15) is 4.68 Å². The molecule has 0 atom stereocenters. The molecule has 112 valence electrons. The van der Waals surface area contributed by atoms with Crippen LogP contribution in [0.25, 0.3) is 10.9 Å². The van der Waals surface area contributed by atoms with Crippen LogP contribution in [-0.4, -0.2) is 26.4 Å². The largest absolute Gasteiger partial charge is 0.280 e. The molecule has 0 amide bonds. The third-order valence-corrected chi connectivity index (χ3v) is 3.66. The highest BCUT2D eigenvalue weighted by Gasteiger charge is 2.09. The lowest BCUT2D eigenvalue weighted by Gasteiger charge is -2.20. The van der Waals surface area contributed by atoms with Crippen LogP contribution in [0.5, 0.6) is 0 Å². The molecule has 22 heavy (non-hydrogen) atoms. The molecule has 0 saturated carbocycles. The van der Waals surface area contributed by atoms with Gasteiger partial charge in [-0.25, -0.2) is 0 Å². The van der Waals surface area contributed by atoms with Crippen LogP contribution in [0.3, 0.4) is 0 Å². The molecule has 2 aromatic carbocycles. The molecular weight excluding hydrogens is 276 g/mol. The van der Waals surface area contributed by atoms with E-state index >= 15 is 0 Å². The van der Waals surface area contributed by atoms with E-state index in [2.05, 4.69) is 34.3 Å². The minimum Gasteiger partial charge on any atom is -0.280 e. The molecule has 3 rings (SSSR count). The van der Waals surface area contributed by atoms with Crippen LogP contribution in [0.2, 0.25) is 0 Å². The molecule has 0 bridgehead atoms. The van der Waals surface area contributed by atoms with Gasteiger partial charge < -0.3 is 0 Å². The monoisotopic (exact) mass is 294 g/mol. The van der Waals surface area contributed by atoms with Gasteiger partial charge in [0.25, 0.3) is 5.56 Å². The molecule has 0 radical (unpaired) electrons. The lowest BCUT2D eigenvalue weighted by molar-refractivity contribution is 0.201. The summed E-state index contributed by atoms with van der Waals surface area (Å²) in [4.78, 5) is 14.6. The van der Waals surface area contributed by atoms with Crippen molar-refractivity contribution in [3.8, 4) is 0 Å². The van der Waals surface area contributed by atoms with E-state index in [0.29, 0.717) is 17.6 Å². The molecular formula is C17H18N4O. The third kappa shape index (κ3) is 3.04. The van der Waals surface area contributed by atoms with Crippen molar-refractivity contribution in [2.75, 3.05) is 6.54 Å². The molecule has 0 aliphatic carbocycles. The topological polar surface area (TPSA) is 51.0 Å². The zero-order chi connectivity index (χ0) is 15.4. The molecule has 5 heteroatoms. The van der Waals surface area contributed by atoms with Gasteiger partial charge in [0.1, 0.15) is 5.52 Å². The molecule has 0 fully saturated rings. The number of hydrogen-bond acceptors (Lipinski definition) is 4. The fourth-order valence-corrected chi connectivity index (χ4v) is 2.41. The first kappa shape index (κ1) is 14.4. The fraction of sp³-hybridized carbons (Fsp3) is 0.235. The normalized spacial score (nSPS) is 11.2. The third-order valence-electron chi connectivity index (χ3n) is 3.66. The Hall–Kier alpha value is -2.53. The van der Waals surface area contributed by atoms with Gasteiger partial charge in [-0.05, 0) is 24.2 Å². The van der Waals surface area contributed by atoms with Crippen LogP contribution in [0, 0.1) is 0 Å². The Kier molecular flexibility index (Phi) is 4.25. The van der Waals surface area contributed by atoms with E-state index in [-0.39, 0.29) is 5.56 Å². The van der Waals surface area contributed by atoms with Crippen molar-refractivity contribution in [1.82, 2.24) is 19.9 Å². The minimum atomic E-state index is -0.0999. The zero-order valence-corrected chi connectivity index (χ0v) is 12.5. The van der Waals surface area contributed by atoms with Gasteiger partial charge in [0.05, 0.1) is 12.1 Å². The number of aromatic nitrogens is 3. The van der Waals surface area contributed by atoms with E-state index in [1.165, 1.54) is 10.2 Å². The summed E-state index contributed by atoms with van der Waals surface area (Å²) in [7, 11) is 0. The Balaban J connectivity index is 1.85. The molecule has 0 unspecified atom stereocenters. The summed E-state index contributed by atoms with van der Waals surface area (Å²) in [5.74, 6) is 0. The van der Waals surface area contributed by atoms with Crippen LogP contribution >= 0.6 is 0 Å². The van der Waals surface area contributed by atoms with Crippen LogP contribution in [0.4, 0.5) is 0 Å². The Morgan fingerprint density at radius 2 is 1.77 bits per heavy atom. The minimum absolute atomic E-state index is 0.0999. The maximum absolute atomic E-state index is 12.5. The van der Waals surface area contributed by atoms with Crippen LogP contribution in [0.15, 0.2) is 59.4 Å². The lowest BCUT2D eigenvalue weighted by atomic mass is 10.2. The molecule has 1 heterocycles. The fourth-order valence-electron chi connectivity index (χ4n) is 2.41. The second-order valence-corrected chi connectivity index (χ2v) is 5.18. The zero-order valence-electron chi connectivity index (χ0n) is 12.5. The molecule has 0 aliphatic rings.